The summed E-state index contributed by atoms with van der Waals surface area (Å²) in [5, 5.41) is 13.1. The fourth-order valence-corrected chi connectivity index (χ4v) is 3.03. The third kappa shape index (κ3) is 3.57. The molecule has 1 atom stereocenters. The molecule has 0 spiro atoms. The Bertz CT molecular complexity index is 680. The van der Waals surface area contributed by atoms with Crippen molar-refractivity contribution in [3.63, 3.8) is 0 Å². The van der Waals surface area contributed by atoms with E-state index in [-0.39, 0.29) is 11.4 Å². The summed E-state index contributed by atoms with van der Waals surface area (Å²) >= 11 is 1.29. The van der Waals surface area contributed by atoms with Crippen molar-refractivity contribution in [2.45, 2.75) is 26.8 Å². The second-order valence-corrected chi connectivity index (χ2v) is 6.12. The summed E-state index contributed by atoms with van der Waals surface area (Å²) in [7, 11) is 0. The number of Topliss-reactive ketones (excluding diaryl/α,β-unsaturated/α-hetero) is 1. The van der Waals surface area contributed by atoms with Crippen molar-refractivity contribution in [3.05, 3.63) is 46.7 Å². The van der Waals surface area contributed by atoms with Crippen LogP contribution in [0.1, 0.15) is 31.0 Å². The van der Waals surface area contributed by atoms with Crippen LogP contribution in [0.15, 0.2) is 40.5 Å². The van der Waals surface area contributed by atoms with E-state index >= 15 is 0 Å². The van der Waals surface area contributed by atoms with Crippen molar-refractivity contribution < 1.29 is 14.7 Å². The lowest BCUT2D eigenvalue weighted by Crippen LogP contribution is -2.30. The fourth-order valence-electron chi connectivity index (χ4n) is 2.29. The average molecular weight is 318 g/mol. The first kappa shape index (κ1) is 16.3. The number of amidine groups is 1. The van der Waals surface area contributed by atoms with Gasteiger partial charge in [-0.25, -0.2) is 9.79 Å². The SMILES string of the molecule is CC(=O)CSC1=NC(c2ccccc2C)C(C(=O)O)=C(C)N1. The van der Waals surface area contributed by atoms with Gasteiger partial charge in [0, 0.05) is 5.70 Å². The number of rotatable bonds is 4. The van der Waals surface area contributed by atoms with Gasteiger partial charge in [-0.3, -0.25) is 4.79 Å². The maximum Gasteiger partial charge on any atom is 0.335 e. The number of carboxylic acid groups (broad SMARTS) is 1. The molecule has 2 rings (SSSR count). The van der Waals surface area contributed by atoms with Gasteiger partial charge < -0.3 is 10.4 Å². The molecule has 116 valence electrons. The number of hydrogen-bond acceptors (Lipinski definition) is 5. The van der Waals surface area contributed by atoms with Crippen molar-refractivity contribution in [1.29, 1.82) is 0 Å². The van der Waals surface area contributed by atoms with Gasteiger partial charge in [0.25, 0.3) is 0 Å². The Morgan fingerprint density at radius 2 is 2.00 bits per heavy atom. The second-order valence-electron chi connectivity index (χ2n) is 5.15. The molecular weight excluding hydrogens is 300 g/mol. The normalized spacial score (nSPS) is 17.8. The molecule has 6 heteroatoms. The van der Waals surface area contributed by atoms with Gasteiger partial charge in [-0.2, -0.15) is 0 Å². The van der Waals surface area contributed by atoms with Crippen LogP contribution >= 0.6 is 11.8 Å². The number of nitrogens with one attached hydrogen (secondary N) is 1. The van der Waals surface area contributed by atoms with Crippen molar-refractivity contribution in [1.82, 2.24) is 5.32 Å². The zero-order chi connectivity index (χ0) is 16.3. The van der Waals surface area contributed by atoms with Gasteiger partial charge >= 0.3 is 5.97 Å². The van der Waals surface area contributed by atoms with Gasteiger partial charge in [0.2, 0.25) is 0 Å². The van der Waals surface area contributed by atoms with E-state index in [9.17, 15) is 14.7 Å². The largest absolute Gasteiger partial charge is 0.478 e. The van der Waals surface area contributed by atoms with E-state index in [1.807, 2.05) is 31.2 Å². The molecule has 1 aromatic rings. The molecule has 0 saturated heterocycles. The highest BCUT2D eigenvalue weighted by atomic mass is 32.2. The Morgan fingerprint density at radius 3 is 2.59 bits per heavy atom. The number of carbonyl (C=O) groups is 2. The van der Waals surface area contributed by atoms with Crippen molar-refractivity contribution in [2.75, 3.05) is 5.75 Å². The predicted octanol–water partition coefficient (Wildman–Crippen LogP) is 2.68. The number of aliphatic imine (C=N–C) groups is 1. The number of allylic oxidation sites excluding steroid dienone is 1. The first-order valence-electron chi connectivity index (χ1n) is 6.86. The molecule has 1 unspecified atom stereocenters. The van der Waals surface area contributed by atoms with Crippen LogP contribution in [0.5, 0.6) is 0 Å². The Morgan fingerprint density at radius 1 is 1.32 bits per heavy atom. The molecule has 0 radical (unpaired) electrons. The third-order valence-electron chi connectivity index (χ3n) is 3.34. The molecule has 0 bridgehead atoms. The molecule has 5 nitrogen and oxygen atoms in total. The Hall–Kier alpha value is -2.08. The summed E-state index contributed by atoms with van der Waals surface area (Å²) < 4.78 is 0. The molecule has 0 saturated carbocycles. The molecule has 0 aromatic heterocycles. The first-order chi connectivity index (χ1) is 10.4. The van der Waals surface area contributed by atoms with Gasteiger partial charge in [-0.05, 0) is 31.9 Å². The molecule has 1 aliphatic rings. The predicted molar refractivity (Wildman–Crippen MR) is 88.0 cm³/mol. The number of benzene rings is 1. The van der Waals surface area contributed by atoms with Gasteiger partial charge in [0.15, 0.2) is 5.17 Å². The van der Waals surface area contributed by atoms with Crippen LogP contribution in [-0.4, -0.2) is 27.8 Å². The van der Waals surface area contributed by atoms with Gasteiger partial charge in [0.1, 0.15) is 11.8 Å². The summed E-state index contributed by atoms with van der Waals surface area (Å²) in [4.78, 5) is 27.3. The van der Waals surface area contributed by atoms with Crippen molar-refractivity contribution in [2.24, 2.45) is 4.99 Å². The Kier molecular flexibility index (Phi) is 5.03. The molecule has 1 heterocycles. The minimum Gasteiger partial charge on any atom is -0.478 e. The first-order valence-corrected chi connectivity index (χ1v) is 7.85. The van der Waals surface area contributed by atoms with Crippen LogP contribution in [0, 0.1) is 6.92 Å². The highest BCUT2D eigenvalue weighted by Crippen LogP contribution is 2.33. The number of carboxylic acids is 1. The minimum absolute atomic E-state index is 0.0487. The summed E-state index contributed by atoms with van der Waals surface area (Å²) in [6.45, 7) is 5.17. The number of aliphatic carboxylic acids is 1. The zero-order valence-corrected chi connectivity index (χ0v) is 13.5. The molecule has 1 aliphatic heterocycles. The molecule has 0 aliphatic carbocycles. The fraction of sp³-hybridized carbons (Fsp3) is 0.312. The van der Waals surface area contributed by atoms with Gasteiger partial charge in [-0.1, -0.05) is 36.0 Å². The number of thioether (sulfide) groups is 1. The van der Waals surface area contributed by atoms with Crippen LogP contribution < -0.4 is 5.32 Å². The standard InChI is InChI=1S/C16H18N2O3S/c1-9-6-4-5-7-12(9)14-13(15(20)21)11(3)17-16(18-14)22-8-10(2)19/h4-7,14H,8H2,1-3H3,(H,17,18)(H,20,21). The molecule has 1 aromatic carbocycles. The number of carbonyl (C=O) groups excluding carboxylic acids is 1. The average Bonchev–Trinajstić information content (AvgIpc) is 2.44. The highest BCUT2D eigenvalue weighted by Gasteiger charge is 2.29. The van der Waals surface area contributed by atoms with Crippen LogP contribution in [0.3, 0.4) is 0 Å². The summed E-state index contributed by atoms with van der Waals surface area (Å²) in [5.41, 5.74) is 2.64. The van der Waals surface area contributed by atoms with E-state index in [2.05, 4.69) is 10.3 Å². The molecular formula is C16H18N2O3S. The van der Waals surface area contributed by atoms with Crippen LogP contribution in [0.4, 0.5) is 0 Å². The van der Waals surface area contributed by atoms with E-state index < -0.39 is 12.0 Å². The number of ketones is 1. The monoisotopic (exact) mass is 318 g/mol. The lowest BCUT2D eigenvalue weighted by molar-refractivity contribution is -0.133. The van der Waals surface area contributed by atoms with E-state index in [0.717, 1.165) is 11.1 Å². The lowest BCUT2D eigenvalue weighted by Gasteiger charge is -2.25. The second kappa shape index (κ2) is 6.79. The maximum atomic E-state index is 11.6. The van der Waals surface area contributed by atoms with E-state index in [4.69, 9.17) is 0 Å². The Labute approximate surface area is 133 Å². The third-order valence-corrected chi connectivity index (χ3v) is 4.38. The van der Waals surface area contributed by atoms with E-state index in [0.29, 0.717) is 16.6 Å². The van der Waals surface area contributed by atoms with Crippen molar-refractivity contribution in [3.8, 4) is 0 Å². The Balaban J connectivity index is 2.43. The van der Waals surface area contributed by atoms with Gasteiger partial charge in [0.05, 0.1) is 11.3 Å². The minimum atomic E-state index is -0.988. The smallest absolute Gasteiger partial charge is 0.335 e. The quantitative estimate of drug-likeness (QED) is 0.892. The van der Waals surface area contributed by atoms with Gasteiger partial charge in [-0.15, -0.1) is 0 Å². The number of hydrogen-bond donors (Lipinski definition) is 2. The summed E-state index contributed by atoms with van der Waals surface area (Å²) in [6.07, 6.45) is 0. The molecule has 0 amide bonds. The van der Waals surface area contributed by atoms with E-state index in [1.54, 1.807) is 6.92 Å². The highest BCUT2D eigenvalue weighted by molar-refractivity contribution is 8.14. The summed E-state index contributed by atoms with van der Waals surface area (Å²) in [5.74, 6) is -0.632. The van der Waals surface area contributed by atoms with Crippen LogP contribution in [-0.2, 0) is 9.59 Å². The topological polar surface area (TPSA) is 78.8 Å². The van der Waals surface area contributed by atoms with Crippen molar-refractivity contribution >= 4 is 28.7 Å². The summed E-state index contributed by atoms with van der Waals surface area (Å²) in [6, 6.07) is 7.04. The van der Waals surface area contributed by atoms with E-state index in [1.165, 1.54) is 18.7 Å². The lowest BCUT2D eigenvalue weighted by atomic mass is 9.93. The molecule has 22 heavy (non-hydrogen) atoms. The van der Waals surface area contributed by atoms with Crippen LogP contribution in [0.2, 0.25) is 0 Å². The van der Waals surface area contributed by atoms with Crippen LogP contribution in [0.25, 0.3) is 0 Å². The zero-order valence-electron chi connectivity index (χ0n) is 12.7. The number of nitrogens with zero attached hydrogens (tertiary/aromatic N) is 1. The molecule has 2 N–H and O–H groups in total. The number of aryl methyl sites for hydroxylation is 1. The maximum absolute atomic E-state index is 11.6. The molecule has 0 fully saturated rings.